The van der Waals surface area contributed by atoms with Crippen LogP contribution in [0.3, 0.4) is 0 Å². The molecule has 1 N–H and O–H groups in total. The molecular formula is C7H13NOS. The maximum atomic E-state index is 11.1. The predicted octanol–water partition coefficient (Wildman–Crippen LogP) is 1.02. The van der Waals surface area contributed by atoms with Gasteiger partial charge in [0.1, 0.15) is 0 Å². The molecule has 0 aromatic heterocycles. The molecule has 1 fully saturated rings. The average Bonchev–Trinajstić information content (AvgIpc) is 1.94. The summed E-state index contributed by atoms with van der Waals surface area (Å²) in [4.78, 5) is 11.1. The number of hydrogen-bond donors (Lipinski definition) is 1. The molecule has 2 nitrogen and oxygen atoms in total. The van der Waals surface area contributed by atoms with E-state index in [9.17, 15) is 4.79 Å². The molecule has 1 saturated heterocycles. The van der Waals surface area contributed by atoms with Gasteiger partial charge in [-0.25, -0.2) is 0 Å². The van der Waals surface area contributed by atoms with Crippen molar-refractivity contribution < 1.29 is 4.79 Å². The number of carbonyl (C=O) groups is 1. The number of carbonyl (C=O) groups excluding carboxylic acids is 1. The smallest absolute Gasteiger partial charge is 0.233 e. The quantitative estimate of drug-likeness (QED) is 0.651. The van der Waals surface area contributed by atoms with Gasteiger partial charge in [0.05, 0.1) is 5.25 Å². The molecule has 1 heterocycles. The normalized spacial score (nSPS) is 26.1. The third-order valence-electron chi connectivity index (χ3n) is 1.56. The van der Waals surface area contributed by atoms with Crippen LogP contribution in [0.15, 0.2) is 0 Å². The molecule has 10 heavy (non-hydrogen) atoms. The Labute approximate surface area is 65.8 Å². The molecule has 0 aromatic rings. The summed E-state index contributed by atoms with van der Waals surface area (Å²) in [6.07, 6.45) is 2.13. The predicted molar refractivity (Wildman–Crippen MR) is 44.2 cm³/mol. The average molecular weight is 159 g/mol. The Balaban J connectivity index is 2.32. The first kappa shape index (κ1) is 7.92. The molecule has 1 aliphatic rings. The third kappa shape index (κ3) is 1.90. The molecule has 1 aliphatic heterocycles. The Morgan fingerprint density at radius 3 is 3.20 bits per heavy atom. The number of hydrogen-bond acceptors (Lipinski definition) is 2. The molecule has 0 aliphatic carbocycles. The minimum Gasteiger partial charge on any atom is -0.354 e. The summed E-state index contributed by atoms with van der Waals surface area (Å²) in [6.45, 7) is 2.96. The van der Waals surface area contributed by atoms with Crippen LogP contribution in [0, 0.1) is 0 Å². The van der Waals surface area contributed by atoms with Crippen molar-refractivity contribution in [1.29, 1.82) is 0 Å². The molecule has 0 bridgehead atoms. The van der Waals surface area contributed by atoms with Gasteiger partial charge in [-0.2, -0.15) is 0 Å². The van der Waals surface area contributed by atoms with Crippen molar-refractivity contribution in [3.8, 4) is 0 Å². The molecule has 58 valence electrons. The number of amides is 1. The Hall–Kier alpha value is -0.180. The maximum Gasteiger partial charge on any atom is 0.233 e. The lowest BCUT2D eigenvalue weighted by atomic mass is 10.2. The van der Waals surface area contributed by atoms with Crippen LogP contribution in [0.1, 0.15) is 19.8 Å². The molecule has 0 saturated carbocycles. The van der Waals surface area contributed by atoms with E-state index in [2.05, 4.69) is 12.2 Å². The molecule has 0 unspecified atom stereocenters. The van der Waals surface area contributed by atoms with Gasteiger partial charge in [0.15, 0.2) is 0 Å². The van der Waals surface area contributed by atoms with Crippen LogP contribution in [0.4, 0.5) is 0 Å². The van der Waals surface area contributed by atoms with Crippen LogP contribution < -0.4 is 5.32 Å². The molecule has 1 atom stereocenters. The second-order valence-corrected chi connectivity index (χ2v) is 3.75. The fourth-order valence-electron chi connectivity index (χ4n) is 1.04. The lowest BCUT2D eigenvalue weighted by molar-refractivity contribution is -0.120. The summed E-state index contributed by atoms with van der Waals surface area (Å²) in [7, 11) is 0. The fraction of sp³-hybridized carbons (Fsp3) is 0.857. The van der Waals surface area contributed by atoms with Crippen molar-refractivity contribution in [3.63, 3.8) is 0 Å². The van der Waals surface area contributed by atoms with Crippen molar-refractivity contribution >= 4 is 17.7 Å². The van der Waals surface area contributed by atoms with E-state index in [1.165, 1.54) is 0 Å². The summed E-state index contributed by atoms with van der Waals surface area (Å²) in [6, 6.07) is 0. The van der Waals surface area contributed by atoms with Gasteiger partial charge in [0.25, 0.3) is 0 Å². The Morgan fingerprint density at radius 2 is 2.60 bits per heavy atom. The molecule has 0 aromatic carbocycles. The standard InChI is InChI=1S/C7H13NOS/c1-2-3-6-7(9)8-4-5-10-6/h6H,2-5H2,1H3,(H,8,9)/t6-/m1/s1. The van der Waals surface area contributed by atoms with Gasteiger partial charge >= 0.3 is 0 Å². The van der Waals surface area contributed by atoms with E-state index >= 15 is 0 Å². The largest absolute Gasteiger partial charge is 0.354 e. The van der Waals surface area contributed by atoms with Crippen LogP contribution >= 0.6 is 11.8 Å². The summed E-state index contributed by atoms with van der Waals surface area (Å²) < 4.78 is 0. The zero-order chi connectivity index (χ0) is 7.40. The highest BCUT2D eigenvalue weighted by Crippen LogP contribution is 2.18. The lowest BCUT2D eigenvalue weighted by Gasteiger charge is -2.20. The van der Waals surface area contributed by atoms with Crippen LogP contribution in [0.25, 0.3) is 0 Å². The van der Waals surface area contributed by atoms with Gasteiger partial charge in [-0.3, -0.25) is 4.79 Å². The van der Waals surface area contributed by atoms with Crippen LogP contribution in [0.5, 0.6) is 0 Å². The lowest BCUT2D eigenvalue weighted by Crippen LogP contribution is -2.39. The van der Waals surface area contributed by atoms with Gasteiger partial charge in [-0.05, 0) is 6.42 Å². The SMILES string of the molecule is CCC[C@H]1SCCNC1=O. The first-order valence-electron chi connectivity index (χ1n) is 3.74. The van der Waals surface area contributed by atoms with Gasteiger partial charge < -0.3 is 5.32 Å². The highest BCUT2D eigenvalue weighted by Gasteiger charge is 2.20. The Bertz CT molecular complexity index is 125. The molecule has 1 amide bonds. The van der Waals surface area contributed by atoms with E-state index in [4.69, 9.17) is 0 Å². The minimum atomic E-state index is 0.234. The second-order valence-electron chi connectivity index (χ2n) is 2.44. The van der Waals surface area contributed by atoms with E-state index in [0.717, 1.165) is 25.1 Å². The van der Waals surface area contributed by atoms with E-state index in [-0.39, 0.29) is 11.2 Å². The van der Waals surface area contributed by atoms with Crippen molar-refractivity contribution in [1.82, 2.24) is 5.32 Å². The summed E-state index contributed by atoms with van der Waals surface area (Å²) in [5, 5.41) is 3.09. The molecule has 3 heteroatoms. The second kappa shape index (κ2) is 3.86. The zero-order valence-corrected chi connectivity index (χ0v) is 7.04. The van der Waals surface area contributed by atoms with Gasteiger partial charge in [0.2, 0.25) is 5.91 Å². The minimum absolute atomic E-state index is 0.234. The van der Waals surface area contributed by atoms with Crippen molar-refractivity contribution in [2.45, 2.75) is 25.0 Å². The monoisotopic (exact) mass is 159 g/mol. The van der Waals surface area contributed by atoms with Crippen LogP contribution in [0.2, 0.25) is 0 Å². The van der Waals surface area contributed by atoms with Gasteiger partial charge in [-0.15, -0.1) is 11.8 Å². The highest BCUT2D eigenvalue weighted by atomic mass is 32.2. The first-order valence-corrected chi connectivity index (χ1v) is 4.78. The summed E-state index contributed by atoms with van der Waals surface area (Å²) in [5.41, 5.74) is 0. The molecule has 0 radical (unpaired) electrons. The Morgan fingerprint density at radius 1 is 1.80 bits per heavy atom. The zero-order valence-electron chi connectivity index (χ0n) is 6.22. The topological polar surface area (TPSA) is 29.1 Å². The first-order chi connectivity index (χ1) is 4.84. The van der Waals surface area contributed by atoms with Crippen molar-refractivity contribution in [2.24, 2.45) is 0 Å². The highest BCUT2D eigenvalue weighted by molar-refractivity contribution is 8.00. The van der Waals surface area contributed by atoms with E-state index in [0.29, 0.717) is 0 Å². The van der Waals surface area contributed by atoms with E-state index in [1.807, 2.05) is 0 Å². The van der Waals surface area contributed by atoms with Crippen LogP contribution in [-0.2, 0) is 4.79 Å². The van der Waals surface area contributed by atoms with E-state index < -0.39 is 0 Å². The van der Waals surface area contributed by atoms with Crippen molar-refractivity contribution in [3.05, 3.63) is 0 Å². The third-order valence-corrected chi connectivity index (χ3v) is 2.86. The van der Waals surface area contributed by atoms with Gasteiger partial charge in [-0.1, -0.05) is 13.3 Å². The fourth-order valence-corrected chi connectivity index (χ4v) is 2.18. The summed E-state index contributed by atoms with van der Waals surface area (Å²) >= 11 is 1.78. The number of thioether (sulfide) groups is 1. The van der Waals surface area contributed by atoms with E-state index in [1.54, 1.807) is 11.8 Å². The Kier molecular flexibility index (Phi) is 3.06. The molecule has 0 spiro atoms. The maximum absolute atomic E-state index is 11.1. The van der Waals surface area contributed by atoms with Crippen LogP contribution in [-0.4, -0.2) is 23.5 Å². The van der Waals surface area contributed by atoms with Crippen molar-refractivity contribution in [2.75, 3.05) is 12.3 Å². The molecule has 1 rings (SSSR count). The molecular weight excluding hydrogens is 146 g/mol. The summed E-state index contributed by atoms with van der Waals surface area (Å²) in [5.74, 6) is 1.31. The van der Waals surface area contributed by atoms with Gasteiger partial charge in [0, 0.05) is 12.3 Å². The number of rotatable bonds is 2. The number of nitrogens with one attached hydrogen (secondary N) is 1.